The Kier molecular flexibility index (Phi) is 4.19. The third kappa shape index (κ3) is 2.92. The molecule has 0 saturated carbocycles. The van der Waals surface area contributed by atoms with Crippen LogP contribution in [-0.2, 0) is 0 Å². The standard InChI is InChI=1S/C23H22N4O2/c1-16-11-13-25(14-12-16)23(29)26-15-19-21(18-9-5-6-10-20(18)26)24-27(22(19)28)17-7-3-2-4-8-17/h2-10,15-16H,11-14H2,1H3. The second kappa shape index (κ2) is 6.88. The summed E-state index contributed by atoms with van der Waals surface area (Å²) < 4.78 is 3.03. The van der Waals surface area contributed by atoms with Crippen molar-refractivity contribution >= 4 is 16.9 Å². The van der Waals surface area contributed by atoms with E-state index in [9.17, 15) is 9.59 Å². The number of nitrogens with zero attached hydrogens (tertiary/aromatic N) is 4. The molecule has 0 atom stereocenters. The van der Waals surface area contributed by atoms with Crippen molar-refractivity contribution in [2.24, 2.45) is 5.92 Å². The van der Waals surface area contributed by atoms with Crippen molar-refractivity contribution in [1.29, 1.82) is 0 Å². The molecule has 3 aliphatic rings. The lowest BCUT2D eigenvalue weighted by Crippen LogP contribution is -2.40. The molecule has 0 radical (unpaired) electrons. The van der Waals surface area contributed by atoms with Gasteiger partial charge in [-0.15, -0.1) is 0 Å². The molecule has 5 rings (SSSR count). The fourth-order valence-corrected chi connectivity index (χ4v) is 4.07. The lowest BCUT2D eigenvalue weighted by atomic mass is 9.99. The van der Waals surface area contributed by atoms with Crippen molar-refractivity contribution in [3.8, 4) is 16.9 Å². The van der Waals surface area contributed by atoms with E-state index < -0.39 is 0 Å². The van der Waals surface area contributed by atoms with Crippen molar-refractivity contribution in [1.82, 2.24) is 19.2 Å². The van der Waals surface area contributed by atoms with Gasteiger partial charge in [-0.2, -0.15) is 9.78 Å². The van der Waals surface area contributed by atoms with E-state index in [1.807, 2.05) is 59.5 Å². The van der Waals surface area contributed by atoms with E-state index in [1.165, 1.54) is 4.68 Å². The highest BCUT2D eigenvalue weighted by atomic mass is 16.2. The Labute approximate surface area is 168 Å². The Morgan fingerprint density at radius 2 is 1.69 bits per heavy atom. The molecule has 1 fully saturated rings. The molecule has 29 heavy (non-hydrogen) atoms. The van der Waals surface area contributed by atoms with Crippen LogP contribution in [0.3, 0.4) is 0 Å². The first-order chi connectivity index (χ1) is 14.1. The summed E-state index contributed by atoms with van der Waals surface area (Å²) in [4.78, 5) is 28.3. The number of likely N-dealkylation sites (tertiary alicyclic amines) is 1. The Hall–Kier alpha value is -3.41. The number of fused-ring (bicyclic) bond motifs is 3. The van der Waals surface area contributed by atoms with E-state index in [0.717, 1.165) is 36.8 Å². The van der Waals surface area contributed by atoms with Gasteiger partial charge in [0, 0.05) is 24.7 Å². The van der Waals surface area contributed by atoms with Crippen molar-refractivity contribution in [3.63, 3.8) is 0 Å². The number of carbonyl (C=O) groups is 1. The van der Waals surface area contributed by atoms with E-state index in [2.05, 4.69) is 12.0 Å². The van der Waals surface area contributed by atoms with Crippen LogP contribution in [0.25, 0.3) is 27.8 Å². The van der Waals surface area contributed by atoms with E-state index in [4.69, 9.17) is 0 Å². The third-order valence-electron chi connectivity index (χ3n) is 5.82. The molecule has 6 nitrogen and oxygen atoms in total. The Morgan fingerprint density at radius 3 is 2.45 bits per heavy atom. The van der Waals surface area contributed by atoms with Gasteiger partial charge in [-0.05, 0) is 37.0 Å². The molecule has 0 aliphatic carbocycles. The van der Waals surface area contributed by atoms with E-state index in [1.54, 1.807) is 10.8 Å². The fourth-order valence-electron chi connectivity index (χ4n) is 4.07. The quantitative estimate of drug-likeness (QED) is 0.497. The zero-order chi connectivity index (χ0) is 20.0. The van der Waals surface area contributed by atoms with Gasteiger partial charge in [-0.25, -0.2) is 4.79 Å². The number of hydrogen-bond acceptors (Lipinski definition) is 3. The molecule has 0 bridgehead atoms. The summed E-state index contributed by atoms with van der Waals surface area (Å²) in [7, 11) is 0. The van der Waals surface area contributed by atoms with Gasteiger partial charge in [-0.1, -0.05) is 43.3 Å². The third-order valence-corrected chi connectivity index (χ3v) is 5.82. The van der Waals surface area contributed by atoms with Crippen LogP contribution in [0.1, 0.15) is 19.8 Å². The van der Waals surface area contributed by atoms with E-state index >= 15 is 0 Å². The SMILES string of the molecule is CC1CCN(C(=O)n2cc3c(=O)n(-c4ccccc4)nc-3c3ccccc32)CC1. The maximum Gasteiger partial charge on any atom is 0.328 e. The summed E-state index contributed by atoms with van der Waals surface area (Å²) in [6.07, 6.45) is 3.67. The van der Waals surface area contributed by atoms with Crippen LogP contribution < -0.4 is 5.56 Å². The highest BCUT2D eigenvalue weighted by Gasteiger charge is 2.26. The molecular formula is C23H22N4O2. The Morgan fingerprint density at radius 1 is 1.00 bits per heavy atom. The lowest BCUT2D eigenvalue weighted by Gasteiger charge is -2.31. The number of aromatic nitrogens is 3. The number of benzene rings is 2. The number of pyridine rings is 1. The van der Waals surface area contributed by atoms with Gasteiger partial charge in [0.1, 0.15) is 5.69 Å². The van der Waals surface area contributed by atoms with Crippen LogP contribution in [-0.4, -0.2) is 38.4 Å². The first-order valence-electron chi connectivity index (χ1n) is 10.0. The predicted molar refractivity (Wildman–Crippen MR) is 113 cm³/mol. The molecule has 3 heterocycles. The van der Waals surface area contributed by atoms with Crippen molar-refractivity contribution in [2.45, 2.75) is 19.8 Å². The monoisotopic (exact) mass is 386 g/mol. The minimum atomic E-state index is -0.217. The molecule has 2 aromatic carbocycles. The van der Waals surface area contributed by atoms with Crippen LogP contribution in [0, 0.1) is 5.92 Å². The largest absolute Gasteiger partial charge is 0.328 e. The summed E-state index contributed by atoms with van der Waals surface area (Å²) in [5.41, 5.74) is 2.32. The van der Waals surface area contributed by atoms with Gasteiger partial charge in [0.25, 0.3) is 5.56 Å². The number of piperidine rings is 1. The summed E-state index contributed by atoms with van der Waals surface area (Å²) in [6.45, 7) is 3.71. The highest BCUT2D eigenvalue weighted by molar-refractivity contribution is 5.99. The van der Waals surface area contributed by atoms with Crippen LogP contribution in [0.4, 0.5) is 4.79 Å². The van der Waals surface area contributed by atoms with Crippen LogP contribution in [0.2, 0.25) is 0 Å². The molecule has 1 amide bonds. The predicted octanol–water partition coefficient (Wildman–Crippen LogP) is 3.99. The lowest BCUT2D eigenvalue weighted by molar-refractivity contribution is 0.176. The summed E-state index contributed by atoms with van der Waals surface area (Å²) in [5.74, 6) is 0.639. The molecule has 0 aromatic heterocycles. The zero-order valence-corrected chi connectivity index (χ0v) is 16.3. The number of carbonyl (C=O) groups excluding carboxylic acids is 1. The Bertz CT molecular complexity index is 1220. The Balaban J connectivity index is 1.71. The van der Waals surface area contributed by atoms with Gasteiger partial charge in [0.2, 0.25) is 0 Å². The van der Waals surface area contributed by atoms with E-state index in [0.29, 0.717) is 22.9 Å². The average molecular weight is 386 g/mol. The second-order valence-electron chi connectivity index (χ2n) is 7.78. The van der Waals surface area contributed by atoms with Gasteiger partial charge >= 0.3 is 6.03 Å². The highest BCUT2D eigenvalue weighted by Crippen LogP contribution is 2.29. The fraction of sp³-hybridized carbons (Fsp3) is 0.261. The van der Waals surface area contributed by atoms with Crippen LogP contribution in [0.5, 0.6) is 0 Å². The number of rotatable bonds is 1. The maximum atomic E-state index is 13.3. The summed E-state index contributed by atoms with van der Waals surface area (Å²) in [5, 5.41) is 5.40. The molecule has 146 valence electrons. The molecule has 0 N–H and O–H groups in total. The summed E-state index contributed by atoms with van der Waals surface area (Å²) in [6, 6.07) is 16.9. The van der Waals surface area contributed by atoms with Gasteiger partial charge in [0.05, 0.1) is 16.8 Å². The molecule has 0 unspecified atom stereocenters. The van der Waals surface area contributed by atoms with E-state index in [-0.39, 0.29) is 11.6 Å². The molecule has 1 saturated heterocycles. The molecule has 2 aromatic rings. The van der Waals surface area contributed by atoms with Crippen molar-refractivity contribution < 1.29 is 4.79 Å². The molecule has 0 spiro atoms. The smallest absolute Gasteiger partial charge is 0.324 e. The minimum Gasteiger partial charge on any atom is -0.324 e. The first-order valence-corrected chi connectivity index (χ1v) is 10.0. The first kappa shape index (κ1) is 17.7. The normalized spacial score (nSPS) is 15.3. The number of hydrogen-bond donors (Lipinski definition) is 0. The zero-order valence-electron chi connectivity index (χ0n) is 16.3. The van der Waals surface area contributed by atoms with Crippen molar-refractivity contribution in [3.05, 3.63) is 71.1 Å². The van der Waals surface area contributed by atoms with Gasteiger partial charge < -0.3 is 4.90 Å². The second-order valence-corrected chi connectivity index (χ2v) is 7.78. The van der Waals surface area contributed by atoms with Gasteiger partial charge in [-0.3, -0.25) is 9.36 Å². The average Bonchev–Trinajstić information content (AvgIpc) is 3.10. The molecule has 6 heteroatoms. The molecular weight excluding hydrogens is 364 g/mol. The molecule has 3 aliphatic heterocycles. The van der Waals surface area contributed by atoms with Crippen molar-refractivity contribution in [2.75, 3.05) is 13.1 Å². The summed E-state index contributed by atoms with van der Waals surface area (Å²) >= 11 is 0. The van der Waals surface area contributed by atoms with Crippen LogP contribution in [0.15, 0.2) is 65.6 Å². The number of para-hydroxylation sites is 2. The van der Waals surface area contributed by atoms with Gasteiger partial charge in [0.15, 0.2) is 0 Å². The number of amides is 1. The minimum absolute atomic E-state index is 0.0816. The maximum absolute atomic E-state index is 13.3. The topological polar surface area (TPSA) is 60.1 Å². The van der Waals surface area contributed by atoms with Crippen LogP contribution >= 0.6 is 0 Å².